The monoisotopic (exact) mass is 1050 g/mol. The van der Waals surface area contributed by atoms with Crippen molar-refractivity contribution in [3.63, 3.8) is 0 Å². The molecule has 2 unspecified atom stereocenters. The second kappa shape index (κ2) is 54.7. The number of phosphoric acid groups is 1. The highest BCUT2D eigenvalue weighted by molar-refractivity contribution is 7.45. The van der Waals surface area contributed by atoms with Gasteiger partial charge in [0.2, 0.25) is 0 Å². The lowest BCUT2D eigenvalue weighted by Gasteiger charge is -2.28. The van der Waals surface area contributed by atoms with E-state index in [0.29, 0.717) is 23.9 Å². The van der Waals surface area contributed by atoms with Gasteiger partial charge in [0.05, 0.1) is 27.7 Å². The molecule has 0 heterocycles. The molecule has 2 atom stereocenters. The van der Waals surface area contributed by atoms with Crippen LogP contribution >= 0.6 is 7.82 Å². The molecule has 0 radical (unpaired) electrons. The average molecular weight is 1050 g/mol. The van der Waals surface area contributed by atoms with Gasteiger partial charge in [0, 0.05) is 12.8 Å². The number of nitrogens with zero attached hydrogens (tertiary/aromatic N) is 1. The first kappa shape index (κ1) is 70.9. The molecule has 0 rings (SSSR count). The number of esters is 2. The van der Waals surface area contributed by atoms with Crippen molar-refractivity contribution in [2.75, 3.05) is 47.5 Å². The van der Waals surface area contributed by atoms with Crippen molar-refractivity contribution in [3.8, 4) is 0 Å². The fourth-order valence-corrected chi connectivity index (χ4v) is 8.72. The third kappa shape index (κ3) is 58.2. The van der Waals surface area contributed by atoms with Crippen molar-refractivity contribution in [2.24, 2.45) is 0 Å². The van der Waals surface area contributed by atoms with E-state index in [1.54, 1.807) is 0 Å². The highest BCUT2D eigenvalue weighted by Gasteiger charge is 2.22. The summed E-state index contributed by atoms with van der Waals surface area (Å²) in [5.41, 5.74) is 0. The van der Waals surface area contributed by atoms with Crippen LogP contribution in [0.25, 0.3) is 0 Å². The number of hydrogen-bond acceptors (Lipinski definition) is 8. The van der Waals surface area contributed by atoms with Crippen molar-refractivity contribution < 1.29 is 42.1 Å². The summed E-state index contributed by atoms with van der Waals surface area (Å²) in [4.78, 5) is 37.8. The molecule has 426 valence electrons. The Kier molecular flexibility index (Phi) is 52.4. The van der Waals surface area contributed by atoms with Crippen molar-refractivity contribution in [1.29, 1.82) is 0 Å². The van der Waals surface area contributed by atoms with E-state index in [-0.39, 0.29) is 26.1 Å². The molecular formula is C64H112NO8P. The van der Waals surface area contributed by atoms with Gasteiger partial charge in [-0.15, -0.1) is 0 Å². The zero-order chi connectivity index (χ0) is 54.2. The molecule has 0 aliphatic rings. The summed E-state index contributed by atoms with van der Waals surface area (Å²) in [6.07, 6.45) is 74.8. The molecule has 0 spiro atoms. The normalized spacial score (nSPS) is 14.0. The van der Waals surface area contributed by atoms with Gasteiger partial charge < -0.3 is 27.9 Å². The SMILES string of the molecule is CC/C=C\C/C=C\C/C=C\C/C=C\C/C=C\C/C=C\CCCCCCCCCCCCCCCCCCCCC(=O)OC(COC(=O)CCCCCCC/C=C\C/C=C\CCC)COP(=O)([O-])OCC[N+](C)(C)C. The van der Waals surface area contributed by atoms with Crippen LogP contribution in [-0.4, -0.2) is 70.0 Å². The van der Waals surface area contributed by atoms with E-state index in [9.17, 15) is 19.0 Å². The summed E-state index contributed by atoms with van der Waals surface area (Å²) in [7, 11) is 1.15. The Morgan fingerprint density at radius 3 is 1.15 bits per heavy atom. The Labute approximate surface area is 455 Å². The molecule has 0 amide bonds. The summed E-state index contributed by atoms with van der Waals surface area (Å²) in [6.45, 7) is 4.04. The van der Waals surface area contributed by atoms with Crippen LogP contribution in [0.2, 0.25) is 0 Å². The van der Waals surface area contributed by atoms with Gasteiger partial charge >= 0.3 is 11.9 Å². The molecule has 0 saturated carbocycles. The number of carbonyl (C=O) groups excluding carboxylic acids is 2. The largest absolute Gasteiger partial charge is 0.756 e. The molecule has 0 N–H and O–H groups in total. The second-order valence-electron chi connectivity index (χ2n) is 21.0. The van der Waals surface area contributed by atoms with Crippen LogP contribution in [0.1, 0.15) is 245 Å². The van der Waals surface area contributed by atoms with Crippen molar-refractivity contribution >= 4 is 19.8 Å². The Bertz CT molecular complexity index is 1570. The minimum absolute atomic E-state index is 0.0355. The number of carbonyl (C=O) groups is 2. The van der Waals surface area contributed by atoms with E-state index < -0.39 is 32.5 Å². The Hall–Kier alpha value is -3.07. The molecular weight excluding hydrogens is 942 g/mol. The molecule has 0 aromatic rings. The number of quaternary nitrogens is 1. The van der Waals surface area contributed by atoms with Crippen LogP contribution in [0.5, 0.6) is 0 Å². The Morgan fingerprint density at radius 1 is 0.432 bits per heavy atom. The molecule has 0 saturated heterocycles. The third-order valence-electron chi connectivity index (χ3n) is 12.6. The zero-order valence-corrected chi connectivity index (χ0v) is 49.2. The van der Waals surface area contributed by atoms with E-state index in [0.717, 1.165) is 103 Å². The summed E-state index contributed by atoms with van der Waals surface area (Å²) >= 11 is 0. The van der Waals surface area contributed by atoms with E-state index in [2.05, 4.69) is 111 Å². The first-order valence-corrected chi connectivity index (χ1v) is 31.4. The molecule has 0 aliphatic heterocycles. The van der Waals surface area contributed by atoms with Crippen LogP contribution < -0.4 is 4.89 Å². The van der Waals surface area contributed by atoms with Gasteiger partial charge in [-0.25, -0.2) is 0 Å². The van der Waals surface area contributed by atoms with Crippen molar-refractivity contribution in [3.05, 3.63) is 97.2 Å². The summed E-state index contributed by atoms with van der Waals surface area (Å²) < 4.78 is 34.1. The smallest absolute Gasteiger partial charge is 0.306 e. The zero-order valence-electron chi connectivity index (χ0n) is 48.3. The standard InChI is InChI=1S/C64H112NO8P/c1-6-8-10-12-14-16-18-20-21-22-23-24-25-26-27-28-29-30-31-32-33-34-35-36-37-38-39-40-41-42-43-45-47-49-51-53-55-57-64(67)73-62(61-72-74(68,69)71-59-58-65(3,4)5)60-70-63(66)56-54-52-50-48-46-44-19-17-15-13-11-9-7-2/h8,10-11,13-14,16-17,19-21,23-24,26-27,29-30,62H,6-7,9,12,15,18,22,25,28,31-61H2,1-5H3/b10-8-,13-11-,16-14-,19-17-,21-20-,24-23-,27-26-,30-29-. The van der Waals surface area contributed by atoms with Crippen LogP contribution in [0.15, 0.2) is 97.2 Å². The lowest BCUT2D eigenvalue weighted by Crippen LogP contribution is -2.37. The van der Waals surface area contributed by atoms with Crippen LogP contribution in [0.3, 0.4) is 0 Å². The maximum atomic E-state index is 12.8. The van der Waals surface area contributed by atoms with Gasteiger partial charge in [-0.05, 0) is 89.9 Å². The number of ether oxygens (including phenoxy) is 2. The molecule has 0 aliphatic carbocycles. The highest BCUT2D eigenvalue weighted by Crippen LogP contribution is 2.38. The summed E-state index contributed by atoms with van der Waals surface area (Å²) in [5.74, 6) is -0.849. The number of likely N-dealkylation sites (N-methyl/N-ethyl adjacent to an activating group) is 1. The quantitative estimate of drug-likeness (QED) is 0.0195. The van der Waals surface area contributed by atoms with Gasteiger partial charge in [-0.3, -0.25) is 14.2 Å². The Morgan fingerprint density at radius 2 is 0.770 bits per heavy atom. The van der Waals surface area contributed by atoms with Gasteiger partial charge in [0.1, 0.15) is 19.8 Å². The van der Waals surface area contributed by atoms with Crippen LogP contribution in [0, 0.1) is 0 Å². The number of unbranched alkanes of at least 4 members (excludes halogenated alkanes) is 24. The maximum absolute atomic E-state index is 12.8. The number of rotatable bonds is 54. The lowest BCUT2D eigenvalue weighted by molar-refractivity contribution is -0.870. The molecule has 0 fully saturated rings. The number of hydrogen-bond donors (Lipinski definition) is 0. The maximum Gasteiger partial charge on any atom is 0.306 e. The average Bonchev–Trinajstić information content (AvgIpc) is 3.36. The van der Waals surface area contributed by atoms with Gasteiger partial charge in [0.15, 0.2) is 6.10 Å². The molecule has 0 aromatic heterocycles. The third-order valence-corrected chi connectivity index (χ3v) is 13.5. The number of phosphoric ester groups is 1. The van der Waals surface area contributed by atoms with Crippen molar-refractivity contribution in [1.82, 2.24) is 0 Å². The molecule has 10 heteroatoms. The predicted octanol–water partition coefficient (Wildman–Crippen LogP) is 18.2. The van der Waals surface area contributed by atoms with E-state index in [1.165, 1.54) is 103 Å². The summed E-state index contributed by atoms with van der Waals surface area (Å²) in [6, 6.07) is 0. The topological polar surface area (TPSA) is 111 Å². The van der Waals surface area contributed by atoms with Crippen LogP contribution in [0.4, 0.5) is 0 Å². The number of allylic oxidation sites excluding steroid dienone is 16. The van der Waals surface area contributed by atoms with Crippen molar-refractivity contribution in [2.45, 2.75) is 251 Å². The van der Waals surface area contributed by atoms with E-state index >= 15 is 0 Å². The Balaban J connectivity index is 3.99. The van der Waals surface area contributed by atoms with Crippen LogP contribution in [-0.2, 0) is 32.7 Å². The summed E-state index contributed by atoms with van der Waals surface area (Å²) in [5, 5.41) is 0. The first-order chi connectivity index (χ1) is 36.0. The predicted molar refractivity (Wildman–Crippen MR) is 314 cm³/mol. The van der Waals surface area contributed by atoms with Gasteiger partial charge in [-0.1, -0.05) is 239 Å². The minimum Gasteiger partial charge on any atom is -0.756 e. The highest BCUT2D eigenvalue weighted by atomic mass is 31.2. The van der Waals surface area contributed by atoms with E-state index in [4.69, 9.17) is 18.5 Å². The fraction of sp³-hybridized carbons (Fsp3) is 0.719. The molecule has 74 heavy (non-hydrogen) atoms. The second-order valence-corrected chi connectivity index (χ2v) is 22.4. The lowest BCUT2D eigenvalue weighted by atomic mass is 10.0. The van der Waals surface area contributed by atoms with E-state index in [1.807, 2.05) is 21.1 Å². The van der Waals surface area contributed by atoms with Gasteiger partial charge in [0.25, 0.3) is 7.82 Å². The molecule has 9 nitrogen and oxygen atoms in total. The molecule has 0 bridgehead atoms. The first-order valence-electron chi connectivity index (χ1n) is 29.9. The molecule has 0 aromatic carbocycles. The van der Waals surface area contributed by atoms with Gasteiger partial charge in [-0.2, -0.15) is 0 Å². The fourth-order valence-electron chi connectivity index (χ4n) is 7.99. The minimum atomic E-state index is -4.64.